The fourth-order valence-electron chi connectivity index (χ4n) is 2.65. The molecule has 0 atom stereocenters. The largest absolute Gasteiger partial charge is 0.309 e. The Hall–Kier alpha value is -1.99. The number of hydrogen-bond donors (Lipinski definition) is 1. The number of carbonyl (C=O) groups is 1. The SMILES string of the molecule is Cc1sc2nc(CSCCCC(=O)c3ccc(F)cc3)[nH]c(=O)c2c1C. The number of aromatic nitrogens is 2. The number of thioether (sulfide) groups is 1. The number of aromatic amines is 1. The average molecular weight is 391 g/mol. The van der Waals surface area contributed by atoms with E-state index in [1.165, 1.54) is 24.3 Å². The van der Waals surface area contributed by atoms with Crippen LogP contribution in [-0.4, -0.2) is 21.5 Å². The molecule has 0 aliphatic heterocycles. The third-order valence-electron chi connectivity index (χ3n) is 4.19. The highest BCUT2D eigenvalue weighted by Gasteiger charge is 2.12. The number of H-pyrrole nitrogens is 1. The first-order valence-electron chi connectivity index (χ1n) is 8.31. The van der Waals surface area contributed by atoms with Crippen molar-refractivity contribution in [3.05, 3.63) is 62.3 Å². The minimum absolute atomic E-state index is 0.0167. The van der Waals surface area contributed by atoms with Crippen LogP contribution in [0.15, 0.2) is 29.1 Å². The summed E-state index contributed by atoms with van der Waals surface area (Å²) < 4.78 is 12.9. The predicted octanol–water partition coefficient (Wildman–Crippen LogP) is 4.64. The molecular weight excluding hydrogens is 371 g/mol. The van der Waals surface area contributed by atoms with Gasteiger partial charge in [0.1, 0.15) is 16.5 Å². The van der Waals surface area contributed by atoms with Crippen LogP contribution in [0.5, 0.6) is 0 Å². The van der Waals surface area contributed by atoms with E-state index in [1.54, 1.807) is 23.1 Å². The van der Waals surface area contributed by atoms with Crippen LogP contribution >= 0.6 is 23.1 Å². The zero-order valence-corrected chi connectivity index (χ0v) is 16.2. The van der Waals surface area contributed by atoms with Crippen LogP contribution in [0.1, 0.15) is 39.5 Å². The number of fused-ring (bicyclic) bond motifs is 1. The van der Waals surface area contributed by atoms with Crippen molar-refractivity contribution in [3.63, 3.8) is 0 Å². The number of ketones is 1. The molecule has 0 radical (unpaired) electrons. The lowest BCUT2D eigenvalue weighted by molar-refractivity contribution is 0.0982. The maximum Gasteiger partial charge on any atom is 0.259 e. The maximum atomic E-state index is 12.9. The maximum absolute atomic E-state index is 12.9. The first-order chi connectivity index (χ1) is 12.5. The third-order valence-corrected chi connectivity index (χ3v) is 6.34. The van der Waals surface area contributed by atoms with Crippen molar-refractivity contribution in [1.82, 2.24) is 9.97 Å². The Morgan fingerprint density at radius 3 is 2.73 bits per heavy atom. The number of benzene rings is 1. The summed E-state index contributed by atoms with van der Waals surface area (Å²) in [5, 5.41) is 0.686. The average Bonchev–Trinajstić information content (AvgIpc) is 2.89. The Labute approximate surface area is 158 Å². The molecule has 26 heavy (non-hydrogen) atoms. The van der Waals surface area contributed by atoms with Gasteiger partial charge >= 0.3 is 0 Å². The van der Waals surface area contributed by atoms with Crippen LogP contribution in [-0.2, 0) is 5.75 Å². The van der Waals surface area contributed by atoms with E-state index >= 15 is 0 Å². The van der Waals surface area contributed by atoms with Crippen LogP contribution in [0.3, 0.4) is 0 Å². The predicted molar refractivity (Wildman–Crippen MR) is 106 cm³/mol. The van der Waals surface area contributed by atoms with Crippen molar-refractivity contribution in [1.29, 1.82) is 0 Å². The second-order valence-corrected chi connectivity index (χ2v) is 8.37. The molecule has 1 N–H and O–H groups in total. The Morgan fingerprint density at radius 2 is 2.00 bits per heavy atom. The molecule has 0 unspecified atom stereocenters. The van der Waals surface area contributed by atoms with E-state index in [4.69, 9.17) is 0 Å². The van der Waals surface area contributed by atoms with E-state index < -0.39 is 0 Å². The van der Waals surface area contributed by atoms with E-state index in [2.05, 4.69) is 9.97 Å². The van der Waals surface area contributed by atoms with Gasteiger partial charge in [0, 0.05) is 16.9 Å². The molecule has 3 rings (SSSR count). The number of thiophene rings is 1. The zero-order chi connectivity index (χ0) is 18.7. The Bertz CT molecular complexity index is 993. The van der Waals surface area contributed by atoms with E-state index in [0.717, 1.165) is 27.4 Å². The number of halogens is 1. The topological polar surface area (TPSA) is 62.8 Å². The summed E-state index contributed by atoms with van der Waals surface area (Å²) >= 11 is 3.18. The van der Waals surface area contributed by atoms with Crippen LogP contribution in [0.25, 0.3) is 10.2 Å². The second-order valence-electron chi connectivity index (χ2n) is 6.06. The normalized spacial score (nSPS) is 11.2. The quantitative estimate of drug-likeness (QED) is 0.472. The lowest BCUT2D eigenvalue weighted by Gasteiger charge is -2.03. The first kappa shape index (κ1) is 18.8. The summed E-state index contributed by atoms with van der Waals surface area (Å²) in [6, 6.07) is 5.63. The highest BCUT2D eigenvalue weighted by molar-refractivity contribution is 7.98. The molecule has 3 aromatic rings. The molecule has 1 aromatic carbocycles. The van der Waals surface area contributed by atoms with Crippen molar-refractivity contribution >= 4 is 39.1 Å². The molecule has 0 fully saturated rings. The Kier molecular flexibility index (Phi) is 5.88. The molecule has 7 heteroatoms. The molecule has 0 amide bonds. The van der Waals surface area contributed by atoms with Crippen LogP contribution in [0.2, 0.25) is 0 Å². The third kappa shape index (κ3) is 4.22. The van der Waals surface area contributed by atoms with E-state index in [-0.39, 0.29) is 17.2 Å². The molecule has 0 spiro atoms. The van der Waals surface area contributed by atoms with Gasteiger partial charge in [0.05, 0.1) is 11.1 Å². The van der Waals surface area contributed by atoms with Gasteiger partial charge in [-0.05, 0) is 55.9 Å². The number of nitrogens with one attached hydrogen (secondary N) is 1. The summed E-state index contributed by atoms with van der Waals surface area (Å²) in [4.78, 5) is 33.5. The van der Waals surface area contributed by atoms with E-state index in [1.807, 2.05) is 13.8 Å². The van der Waals surface area contributed by atoms with Gasteiger partial charge in [-0.15, -0.1) is 11.3 Å². The molecule has 0 saturated heterocycles. The number of aryl methyl sites for hydroxylation is 2. The first-order valence-corrected chi connectivity index (χ1v) is 10.3. The molecule has 2 aromatic heterocycles. The summed E-state index contributed by atoms with van der Waals surface area (Å²) in [6.45, 7) is 3.94. The number of nitrogens with zero attached hydrogens (tertiary/aromatic N) is 1. The summed E-state index contributed by atoms with van der Waals surface area (Å²) in [5.41, 5.74) is 1.45. The van der Waals surface area contributed by atoms with Gasteiger partial charge in [-0.1, -0.05) is 0 Å². The number of Topliss-reactive ketones (excluding diaryl/α,β-unsaturated/α-hetero) is 1. The number of rotatable bonds is 7. The van der Waals surface area contributed by atoms with Gasteiger partial charge in [-0.2, -0.15) is 11.8 Å². The molecule has 136 valence electrons. The minimum atomic E-state index is -0.341. The molecule has 0 saturated carbocycles. The van der Waals surface area contributed by atoms with E-state index in [9.17, 15) is 14.0 Å². The Morgan fingerprint density at radius 1 is 1.27 bits per heavy atom. The van der Waals surface area contributed by atoms with Crippen molar-refractivity contribution in [2.45, 2.75) is 32.4 Å². The standard InChI is InChI=1S/C19H19FN2O2S2/c1-11-12(2)26-19-17(11)18(24)21-16(22-19)10-25-9-3-4-15(23)13-5-7-14(20)8-6-13/h5-8H,3-4,9-10H2,1-2H3,(H,21,22,24). The van der Waals surface area contributed by atoms with Gasteiger partial charge in [0.25, 0.3) is 5.56 Å². The monoisotopic (exact) mass is 390 g/mol. The van der Waals surface area contributed by atoms with E-state index in [0.29, 0.717) is 28.9 Å². The number of hydrogen-bond acceptors (Lipinski definition) is 5. The van der Waals surface area contributed by atoms with Crippen molar-refractivity contribution in [3.8, 4) is 0 Å². The minimum Gasteiger partial charge on any atom is -0.309 e. The van der Waals surface area contributed by atoms with Crippen molar-refractivity contribution < 1.29 is 9.18 Å². The fourth-order valence-corrected chi connectivity index (χ4v) is 4.52. The highest BCUT2D eigenvalue weighted by Crippen LogP contribution is 2.26. The van der Waals surface area contributed by atoms with Crippen molar-refractivity contribution in [2.24, 2.45) is 0 Å². The lowest BCUT2D eigenvalue weighted by atomic mass is 10.1. The van der Waals surface area contributed by atoms with Crippen LogP contribution in [0.4, 0.5) is 4.39 Å². The van der Waals surface area contributed by atoms with Gasteiger partial charge in [0.15, 0.2) is 5.78 Å². The molecule has 0 aliphatic rings. The summed E-state index contributed by atoms with van der Waals surface area (Å²) in [6.07, 6.45) is 1.15. The summed E-state index contributed by atoms with van der Waals surface area (Å²) in [7, 11) is 0. The van der Waals surface area contributed by atoms with Gasteiger partial charge < -0.3 is 4.98 Å². The number of carbonyl (C=O) groups excluding carboxylic acids is 1. The fraction of sp³-hybridized carbons (Fsp3) is 0.316. The van der Waals surface area contributed by atoms with Gasteiger partial charge in [0.2, 0.25) is 0 Å². The van der Waals surface area contributed by atoms with Crippen LogP contribution in [0, 0.1) is 19.7 Å². The second kappa shape index (κ2) is 8.14. The smallest absolute Gasteiger partial charge is 0.259 e. The Balaban J connectivity index is 1.51. The van der Waals surface area contributed by atoms with Crippen LogP contribution < -0.4 is 5.56 Å². The molecule has 4 nitrogen and oxygen atoms in total. The molecule has 0 bridgehead atoms. The lowest BCUT2D eigenvalue weighted by Crippen LogP contribution is -2.11. The summed E-state index contributed by atoms with van der Waals surface area (Å²) in [5.74, 6) is 1.73. The molecule has 0 aliphatic carbocycles. The van der Waals surface area contributed by atoms with Gasteiger partial charge in [-0.3, -0.25) is 9.59 Å². The molecular formula is C19H19FN2O2S2. The highest BCUT2D eigenvalue weighted by atomic mass is 32.2. The van der Waals surface area contributed by atoms with Gasteiger partial charge in [-0.25, -0.2) is 9.37 Å². The molecule has 2 heterocycles. The van der Waals surface area contributed by atoms with Crippen molar-refractivity contribution in [2.75, 3.05) is 5.75 Å². The zero-order valence-electron chi connectivity index (χ0n) is 14.6.